The molecule has 1 aromatic rings. The van der Waals surface area contributed by atoms with E-state index in [0.717, 1.165) is 19.5 Å². The molecule has 1 aromatic heterocycles. The third-order valence-electron chi connectivity index (χ3n) is 2.86. The maximum absolute atomic E-state index is 11.5. The fourth-order valence-corrected chi connectivity index (χ4v) is 1.99. The number of carbonyl (C=O) groups excluding carboxylic acids is 1. The first kappa shape index (κ1) is 11.1. The molecule has 1 atom stereocenters. The Morgan fingerprint density at radius 1 is 1.75 bits per heavy atom. The number of hydrogen-bond acceptors (Lipinski definition) is 3. The van der Waals surface area contributed by atoms with Gasteiger partial charge in [0, 0.05) is 25.3 Å². The molecule has 1 aliphatic rings. The van der Waals surface area contributed by atoms with Gasteiger partial charge in [0.2, 0.25) is 0 Å². The number of aromatic nitrogens is 2. The Kier molecular flexibility index (Phi) is 3.56. The molecule has 2 N–H and O–H groups in total. The van der Waals surface area contributed by atoms with Gasteiger partial charge in [-0.05, 0) is 26.3 Å². The van der Waals surface area contributed by atoms with Gasteiger partial charge in [-0.25, -0.2) is 4.98 Å². The SMILES string of the molecule is CCNC(=O)c1cn(C2CCCNC2)cn1. The third kappa shape index (κ3) is 2.41. The summed E-state index contributed by atoms with van der Waals surface area (Å²) in [5, 5.41) is 6.10. The molecule has 0 saturated carbocycles. The Hall–Kier alpha value is -1.36. The van der Waals surface area contributed by atoms with E-state index in [1.54, 1.807) is 6.33 Å². The molecule has 2 rings (SSSR count). The lowest BCUT2D eigenvalue weighted by Crippen LogP contribution is -2.31. The molecule has 1 unspecified atom stereocenters. The van der Waals surface area contributed by atoms with E-state index in [2.05, 4.69) is 15.6 Å². The number of nitrogens with zero attached hydrogens (tertiary/aromatic N) is 2. The van der Waals surface area contributed by atoms with E-state index in [1.165, 1.54) is 6.42 Å². The molecule has 1 amide bonds. The highest BCUT2D eigenvalue weighted by Crippen LogP contribution is 2.16. The maximum Gasteiger partial charge on any atom is 0.271 e. The number of hydrogen-bond donors (Lipinski definition) is 2. The molecule has 0 radical (unpaired) electrons. The van der Waals surface area contributed by atoms with Gasteiger partial charge in [0.15, 0.2) is 0 Å². The largest absolute Gasteiger partial charge is 0.351 e. The molecular weight excluding hydrogens is 204 g/mol. The zero-order chi connectivity index (χ0) is 11.4. The fourth-order valence-electron chi connectivity index (χ4n) is 1.99. The van der Waals surface area contributed by atoms with Crippen LogP contribution in [0.4, 0.5) is 0 Å². The predicted molar refractivity (Wildman–Crippen MR) is 61.4 cm³/mol. The van der Waals surface area contributed by atoms with Crippen molar-refractivity contribution in [3.8, 4) is 0 Å². The lowest BCUT2D eigenvalue weighted by Gasteiger charge is -2.23. The Bertz CT molecular complexity index is 355. The van der Waals surface area contributed by atoms with Crippen LogP contribution in [-0.4, -0.2) is 35.1 Å². The van der Waals surface area contributed by atoms with Crippen LogP contribution in [0.25, 0.3) is 0 Å². The Labute approximate surface area is 95.2 Å². The highest BCUT2D eigenvalue weighted by Gasteiger charge is 2.16. The Morgan fingerprint density at radius 3 is 3.31 bits per heavy atom. The van der Waals surface area contributed by atoms with Gasteiger partial charge < -0.3 is 15.2 Å². The van der Waals surface area contributed by atoms with Gasteiger partial charge in [-0.15, -0.1) is 0 Å². The van der Waals surface area contributed by atoms with Gasteiger partial charge in [-0.3, -0.25) is 4.79 Å². The van der Waals surface area contributed by atoms with Gasteiger partial charge in [0.1, 0.15) is 5.69 Å². The summed E-state index contributed by atoms with van der Waals surface area (Å²) in [6.45, 7) is 4.59. The first-order valence-corrected chi connectivity index (χ1v) is 5.83. The number of carbonyl (C=O) groups is 1. The Balaban J connectivity index is 2.03. The van der Waals surface area contributed by atoms with Crippen molar-refractivity contribution < 1.29 is 4.79 Å². The normalized spacial score (nSPS) is 20.7. The van der Waals surface area contributed by atoms with Crippen molar-refractivity contribution in [3.63, 3.8) is 0 Å². The summed E-state index contributed by atoms with van der Waals surface area (Å²) in [5.74, 6) is -0.0926. The van der Waals surface area contributed by atoms with E-state index in [1.807, 2.05) is 17.7 Å². The molecule has 0 aromatic carbocycles. The summed E-state index contributed by atoms with van der Waals surface area (Å²) in [6.07, 6.45) is 5.92. The number of rotatable bonds is 3. The van der Waals surface area contributed by atoms with Crippen LogP contribution < -0.4 is 10.6 Å². The van der Waals surface area contributed by atoms with E-state index < -0.39 is 0 Å². The zero-order valence-electron chi connectivity index (χ0n) is 9.57. The molecular formula is C11H18N4O. The monoisotopic (exact) mass is 222 g/mol. The van der Waals surface area contributed by atoms with Crippen LogP contribution >= 0.6 is 0 Å². The summed E-state index contributed by atoms with van der Waals surface area (Å²) < 4.78 is 2.04. The maximum atomic E-state index is 11.5. The molecule has 88 valence electrons. The van der Waals surface area contributed by atoms with Crippen LogP contribution in [0.5, 0.6) is 0 Å². The molecule has 0 bridgehead atoms. The van der Waals surface area contributed by atoms with Gasteiger partial charge in [0.25, 0.3) is 5.91 Å². The quantitative estimate of drug-likeness (QED) is 0.785. The van der Waals surface area contributed by atoms with Crippen LogP contribution in [0.1, 0.15) is 36.3 Å². The van der Waals surface area contributed by atoms with E-state index in [0.29, 0.717) is 18.3 Å². The van der Waals surface area contributed by atoms with Crippen LogP contribution in [0.15, 0.2) is 12.5 Å². The standard InChI is InChI=1S/C11H18N4O/c1-2-13-11(16)10-7-15(8-14-10)9-4-3-5-12-6-9/h7-9,12H,2-6H2,1H3,(H,13,16). The highest BCUT2D eigenvalue weighted by atomic mass is 16.1. The second-order valence-electron chi connectivity index (χ2n) is 4.07. The van der Waals surface area contributed by atoms with Gasteiger partial charge in [-0.2, -0.15) is 0 Å². The van der Waals surface area contributed by atoms with E-state index in [4.69, 9.17) is 0 Å². The van der Waals surface area contributed by atoms with Crippen molar-refractivity contribution in [1.82, 2.24) is 20.2 Å². The van der Waals surface area contributed by atoms with Crippen LogP contribution in [0, 0.1) is 0 Å². The molecule has 5 nitrogen and oxygen atoms in total. The highest BCUT2D eigenvalue weighted by molar-refractivity contribution is 5.91. The predicted octanol–water partition coefficient (Wildman–Crippen LogP) is 0.557. The third-order valence-corrected chi connectivity index (χ3v) is 2.86. The molecule has 0 spiro atoms. The molecule has 16 heavy (non-hydrogen) atoms. The summed E-state index contributed by atoms with van der Waals surface area (Å²) in [5.41, 5.74) is 0.507. The minimum atomic E-state index is -0.0926. The lowest BCUT2D eigenvalue weighted by molar-refractivity contribution is 0.0951. The molecule has 0 aliphatic carbocycles. The number of imidazole rings is 1. The minimum Gasteiger partial charge on any atom is -0.351 e. The van der Waals surface area contributed by atoms with Crippen molar-refractivity contribution in [2.45, 2.75) is 25.8 Å². The van der Waals surface area contributed by atoms with Crippen molar-refractivity contribution in [2.75, 3.05) is 19.6 Å². The van der Waals surface area contributed by atoms with Crippen molar-refractivity contribution >= 4 is 5.91 Å². The molecule has 5 heteroatoms. The van der Waals surface area contributed by atoms with Crippen molar-refractivity contribution in [2.24, 2.45) is 0 Å². The summed E-state index contributed by atoms with van der Waals surface area (Å²) in [4.78, 5) is 15.7. The summed E-state index contributed by atoms with van der Waals surface area (Å²) in [7, 11) is 0. The van der Waals surface area contributed by atoms with Gasteiger partial charge in [0.05, 0.1) is 6.33 Å². The number of piperidine rings is 1. The average Bonchev–Trinajstić information content (AvgIpc) is 2.80. The molecule has 1 aliphatic heterocycles. The van der Waals surface area contributed by atoms with Gasteiger partial charge in [-0.1, -0.05) is 0 Å². The number of nitrogens with one attached hydrogen (secondary N) is 2. The summed E-state index contributed by atoms with van der Waals surface area (Å²) in [6, 6.07) is 0.435. The van der Waals surface area contributed by atoms with Crippen molar-refractivity contribution in [3.05, 3.63) is 18.2 Å². The molecule has 1 saturated heterocycles. The van der Waals surface area contributed by atoms with E-state index in [9.17, 15) is 4.79 Å². The fraction of sp³-hybridized carbons (Fsp3) is 0.636. The van der Waals surface area contributed by atoms with Crippen LogP contribution in [-0.2, 0) is 0 Å². The second-order valence-corrected chi connectivity index (χ2v) is 4.07. The average molecular weight is 222 g/mol. The van der Waals surface area contributed by atoms with E-state index >= 15 is 0 Å². The summed E-state index contributed by atoms with van der Waals surface area (Å²) >= 11 is 0. The molecule has 1 fully saturated rings. The van der Waals surface area contributed by atoms with E-state index in [-0.39, 0.29) is 5.91 Å². The zero-order valence-corrected chi connectivity index (χ0v) is 9.57. The van der Waals surface area contributed by atoms with Crippen LogP contribution in [0.3, 0.4) is 0 Å². The Morgan fingerprint density at radius 2 is 2.62 bits per heavy atom. The smallest absolute Gasteiger partial charge is 0.271 e. The minimum absolute atomic E-state index is 0.0926. The van der Waals surface area contributed by atoms with Gasteiger partial charge >= 0.3 is 0 Å². The topological polar surface area (TPSA) is 59.0 Å². The first-order valence-electron chi connectivity index (χ1n) is 5.83. The lowest BCUT2D eigenvalue weighted by atomic mass is 10.1. The first-order chi connectivity index (χ1) is 7.81. The second kappa shape index (κ2) is 5.12. The number of amides is 1. The van der Waals surface area contributed by atoms with Crippen LogP contribution in [0.2, 0.25) is 0 Å². The van der Waals surface area contributed by atoms with Crippen molar-refractivity contribution in [1.29, 1.82) is 0 Å². The molecule has 2 heterocycles.